The molecule has 0 unspecified atom stereocenters. The van der Waals surface area contributed by atoms with Crippen LogP contribution in [0.25, 0.3) is 12.2 Å². The van der Waals surface area contributed by atoms with Crippen LogP contribution in [0.2, 0.25) is 0 Å². The Hall–Kier alpha value is -1.70. The summed E-state index contributed by atoms with van der Waals surface area (Å²) in [5.74, 6) is 1.58. The van der Waals surface area contributed by atoms with Crippen molar-refractivity contribution in [3.05, 3.63) is 41.0 Å². The molecule has 0 radical (unpaired) electrons. The summed E-state index contributed by atoms with van der Waals surface area (Å²) in [5.41, 5.74) is 0. The Bertz CT molecular complexity index is 515. The van der Waals surface area contributed by atoms with Crippen LogP contribution in [0.5, 0.6) is 5.75 Å². The molecule has 0 aliphatic heterocycles. The number of benzene rings is 1. The predicted octanol–water partition coefficient (Wildman–Crippen LogP) is 3.00. The SMILES string of the molecule is C=C(/C=c1/cc(OCCC)cc/c1=C/C)OCCC. The molecule has 0 N–H and O–H groups in total. The number of hydrogen-bond acceptors (Lipinski definition) is 2. The second-order valence-electron chi connectivity index (χ2n) is 4.39. The van der Waals surface area contributed by atoms with Gasteiger partial charge in [0, 0.05) is 0 Å². The minimum Gasteiger partial charge on any atom is -0.494 e. The van der Waals surface area contributed by atoms with Gasteiger partial charge in [0.15, 0.2) is 0 Å². The second-order valence-corrected chi connectivity index (χ2v) is 4.39. The van der Waals surface area contributed by atoms with E-state index < -0.39 is 0 Å². The first-order valence-corrected chi connectivity index (χ1v) is 6.93. The van der Waals surface area contributed by atoms with E-state index >= 15 is 0 Å². The van der Waals surface area contributed by atoms with E-state index in [0.29, 0.717) is 12.4 Å². The zero-order valence-corrected chi connectivity index (χ0v) is 12.2. The van der Waals surface area contributed by atoms with Crippen LogP contribution in [-0.2, 0) is 4.74 Å². The van der Waals surface area contributed by atoms with E-state index in [1.165, 1.54) is 0 Å². The van der Waals surface area contributed by atoms with Crippen molar-refractivity contribution in [2.75, 3.05) is 13.2 Å². The van der Waals surface area contributed by atoms with Gasteiger partial charge in [-0.3, -0.25) is 0 Å². The van der Waals surface area contributed by atoms with Crippen molar-refractivity contribution in [3.63, 3.8) is 0 Å². The Morgan fingerprint density at radius 3 is 2.53 bits per heavy atom. The van der Waals surface area contributed by atoms with E-state index in [2.05, 4.69) is 32.6 Å². The lowest BCUT2D eigenvalue weighted by Crippen LogP contribution is -2.24. The predicted molar refractivity (Wildman–Crippen MR) is 81.5 cm³/mol. The Labute approximate surface area is 116 Å². The molecule has 1 aromatic carbocycles. The van der Waals surface area contributed by atoms with Crippen LogP contribution in [0, 0.1) is 0 Å². The summed E-state index contributed by atoms with van der Waals surface area (Å²) in [5, 5.41) is 2.24. The highest BCUT2D eigenvalue weighted by Crippen LogP contribution is 2.05. The third-order valence-electron chi connectivity index (χ3n) is 2.65. The zero-order valence-electron chi connectivity index (χ0n) is 12.2. The van der Waals surface area contributed by atoms with Gasteiger partial charge in [0.1, 0.15) is 11.5 Å². The molecule has 0 fully saturated rings. The molecule has 1 aromatic rings. The molecule has 0 spiro atoms. The molecule has 0 atom stereocenters. The lowest BCUT2D eigenvalue weighted by Gasteiger charge is -2.05. The highest BCUT2D eigenvalue weighted by molar-refractivity contribution is 5.44. The fourth-order valence-corrected chi connectivity index (χ4v) is 1.70. The van der Waals surface area contributed by atoms with Gasteiger partial charge >= 0.3 is 0 Å². The fraction of sp³-hybridized carbons (Fsp3) is 0.412. The van der Waals surface area contributed by atoms with Crippen LogP contribution in [0.3, 0.4) is 0 Å². The van der Waals surface area contributed by atoms with Gasteiger partial charge in [0.05, 0.1) is 13.2 Å². The van der Waals surface area contributed by atoms with E-state index in [-0.39, 0.29) is 0 Å². The van der Waals surface area contributed by atoms with Crippen molar-refractivity contribution in [2.24, 2.45) is 0 Å². The summed E-state index contributed by atoms with van der Waals surface area (Å²) >= 11 is 0. The molecule has 2 heteroatoms. The summed E-state index contributed by atoms with van der Waals surface area (Å²) in [6, 6.07) is 6.09. The topological polar surface area (TPSA) is 18.5 Å². The van der Waals surface area contributed by atoms with Crippen molar-refractivity contribution >= 4 is 12.2 Å². The molecule has 0 amide bonds. The molecular weight excluding hydrogens is 236 g/mol. The molecule has 1 rings (SSSR count). The Morgan fingerprint density at radius 1 is 1.16 bits per heavy atom. The van der Waals surface area contributed by atoms with E-state index in [1.807, 2.05) is 25.1 Å². The molecule has 0 heterocycles. The Morgan fingerprint density at radius 2 is 1.89 bits per heavy atom. The van der Waals surface area contributed by atoms with Gasteiger partial charge in [-0.15, -0.1) is 0 Å². The minimum atomic E-state index is 0.692. The highest BCUT2D eigenvalue weighted by Gasteiger charge is 1.95. The monoisotopic (exact) mass is 260 g/mol. The Kier molecular flexibility index (Phi) is 6.80. The van der Waals surface area contributed by atoms with Crippen LogP contribution in [-0.4, -0.2) is 13.2 Å². The van der Waals surface area contributed by atoms with Gasteiger partial charge in [-0.05, 0) is 48.4 Å². The maximum Gasteiger partial charge on any atom is 0.119 e. The maximum atomic E-state index is 5.65. The number of ether oxygens (including phenoxy) is 2. The minimum absolute atomic E-state index is 0.692. The third-order valence-corrected chi connectivity index (χ3v) is 2.65. The highest BCUT2D eigenvalue weighted by atomic mass is 16.5. The second kappa shape index (κ2) is 8.41. The van der Waals surface area contributed by atoms with Crippen molar-refractivity contribution in [1.82, 2.24) is 0 Å². The van der Waals surface area contributed by atoms with Crippen molar-refractivity contribution in [2.45, 2.75) is 33.6 Å². The van der Waals surface area contributed by atoms with E-state index in [4.69, 9.17) is 9.47 Å². The largest absolute Gasteiger partial charge is 0.494 e. The van der Waals surface area contributed by atoms with Gasteiger partial charge in [-0.25, -0.2) is 0 Å². The lowest BCUT2D eigenvalue weighted by atomic mass is 10.2. The first-order chi connectivity index (χ1) is 9.21. The van der Waals surface area contributed by atoms with Crippen LogP contribution in [0.15, 0.2) is 30.5 Å². The summed E-state index contributed by atoms with van der Waals surface area (Å²) in [4.78, 5) is 0. The first-order valence-electron chi connectivity index (χ1n) is 6.93. The molecule has 0 saturated carbocycles. The fourth-order valence-electron chi connectivity index (χ4n) is 1.70. The molecule has 0 saturated heterocycles. The quantitative estimate of drug-likeness (QED) is 0.702. The molecule has 0 aliphatic rings. The zero-order chi connectivity index (χ0) is 14.1. The normalized spacial score (nSPS) is 12.6. The number of rotatable bonds is 7. The van der Waals surface area contributed by atoms with Gasteiger partial charge in [0.2, 0.25) is 0 Å². The summed E-state index contributed by atoms with van der Waals surface area (Å²) in [6.45, 7) is 11.6. The van der Waals surface area contributed by atoms with Crippen LogP contribution < -0.4 is 15.2 Å². The van der Waals surface area contributed by atoms with Gasteiger partial charge in [-0.1, -0.05) is 32.6 Å². The lowest BCUT2D eigenvalue weighted by molar-refractivity contribution is 0.231. The molecule has 104 valence electrons. The average Bonchev–Trinajstić information content (AvgIpc) is 2.43. The van der Waals surface area contributed by atoms with E-state index in [0.717, 1.165) is 35.6 Å². The standard InChI is InChI=1S/C17H24O2/c1-5-10-18-14(4)12-16-13-17(19-11-6-2)9-8-15(16)7-3/h7-9,12-13H,4-6,10-11H2,1-3H3/b15-7-,16-12-. The van der Waals surface area contributed by atoms with Crippen LogP contribution >= 0.6 is 0 Å². The van der Waals surface area contributed by atoms with Crippen molar-refractivity contribution in [1.29, 1.82) is 0 Å². The van der Waals surface area contributed by atoms with Gasteiger partial charge in [-0.2, -0.15) is 0 Å². The molecular formula is C17H24O2. The summed E-state index contributed by atoms with van der Waals surface area (Å²) < 4.78 is 11.2. The van der Waals surface area contributed by atoms with Gasteiger partial charge < -0.3 is 9.47 Å². The first kappa shape index (κ1) is 15.4. The van der Waals surface area contributed by atoms with E-state index in [1.54, 1.807) is 0 Å². The van der Waals surface area contributed by atoms with Crippen molar-refractivity contribution in [3.8, 4) is 5.75 Å². The maximum absolute atomic E-state index is 5.65. The third kappa shape index (κ3) is 5.21. The average molecular weight is 260 g/mol. The van der Waals surface area contributed by atoms with Gasteiger partial charge in [0.25, 0.3) is 0 Å². The van der Waals surface area contributed by atoms with Crippen LogP contribution in [0.1, 0.15) is 33.6 Å². The van der Waals surface area contributed by atoms with E-state index in [9.17, 15) is 0 Å². The molecule has 0 bridgehead atoms. The summed E-state index contributed by atoms with van der Waals surface area (Å²) in [6.07, 6.45) is 6.03. The number of allylic oxidation sites excluding steroid dienone is 1. The smallest absolute Gasteiger partial charge is 0.119 e. The number of hydrogen-bond donors (Lipinski definition) is 0. The van der Waals surface area contributed by atoms with Crippen LogP contribution in [0.4, 0.5) is 0 Å². The molecule has 0 aromatic heterocycles. The molecule has 2 nitrogen and oxygen atoms in total. The molecule has 0 aliphatic carbocycles. The summed E-state index contributed by atoms with van der Waals surface area (Å²) in [7, 11) is 0. The molecule has 19 heavy (non-hydrogen) atoms. The Balaban J connectivity index is 3.02. The van der Waals surface area contributed by atoms with Crippen molar-refractivity contribution < 1.29 is 9.47 Å².